The smallest absolute Gasteiger partial charge is 0.336 e. The minimum Gasteiger partial charge on any atom is -0.390 e. The molecule has 3 aliphatic rings. The monoisotopic (exact) mass is 721 g/mol. The second-order valence-corrected chi connectivity index (χ2v) is 19.9. The van der Waals surface area contributed by atoms with Crippen LogP contribution in [0.5, 0.6) is 0 Å². The Morgan fingerprint density at radius 3 is 0.745 bits per heavy atom. The van der Waals surface area contributed by atoms with E-state index in [1.165, 1.54) is 0 Å². The van der Waals surface area contributed by atoms with Gasteiger partial charge in [0.2, 0.25) is 0 Å². The largest absolute Gasteiger partial charge is 0.390 e. The van der Waals surface area contributed by atoms with Crippen LogP contribution in [-0.2, 0) is 19.6 Å². The number of aliphatic hydroxyl groups is 3. The maximum atomic E-state index is 14.1. The predicted molar refractivity (Wildman–Crippen MR) is 203 cm³/mol. The Morgan fingerprint density at radius 1 is 0.392 bits per heavy atom. The van der Waals surface area contributed by atoms with Gasteiger partial charge in [-0.15, -0.1) is 0 Å². The first kappa shape index (κ1) is 41.9. The lowest BCUT2D eigenvalue weighted by molar-refractivity contribution is -0.0594. The van der Waals surface area contributed by atoms with Gasteiger partial charge in [0.25, 0.3) is 0 Å². The van der Waals surface area contributed by atoms with Gasteiger partial charge in [0.1, 0.15) is 0 Å². The molecule has 1 aromatic heterocycles. The molecule has 3 fully saturated rings. The Bertz CT molecular complexity index is 1290. The molecule has 12 nitrogen and oxygen atoms in total. The number of likely N-dealkylation sites (tertiary alicyclic amines) is 3. The standard InChI is InChI=1S/C39H72N6O6/c1-34(2)16-13-17-35(3,4)43(34)25-28(46)22-40-31(49)41(23-29(47)26-44-36(5,6)18-14-19-37(44,7)8)33(51)42(32(40)50)24-30(48)27-45-38(9,10)20-15-21-39(45,11)12/h28-30,46-48H,13-27H2,1-12H3. The van der Waals surface area contributed by atoms with Gasteiger partial charge in [0.05, 0.1) is 37.9 Å². The average Bonchev–Trinajstić information content (AvgIpc) is 2.97. The summed E-state index contributed by atoms with van der Waals surface area (Å²) < 4.78 is 2.79. The molecular weight excluding hydrogens is 648 g/mol. The van der Waals surface area contributed by atoms with Crippen LogP contribution in [0.25, 0.3) is 0 Å². The van der Waals surface area contributed by atoms with E-state index in [9.17, 15) is 29.7 Å². The van der Waals surface area contributed by atoms with Crippen LogP contribution in [-0.4, -0.2) is 115 Å². The fourth-order valence-electron chi connectivity index (χ4n) is 10.2. The second kappa shape index (κ2) is 14.8. The molecule has 0 amide bonds. The fraction of sp³-hybridized carbons (Fsp3) is 0.923. The lowest BCUT2D eigenvalue weighted by Gasteiger charge is -2.53. The summed E-state index contributed by atoms with van der Waals surface area (Å²) in [6, 6.07) is 0. The van der Waals surface area contributed by atoms with Crippen molar-refractivity contribution in [2.24, 2.45) is 0 Å². The van der Waals surface area contributed by atoms with Crippen molar-refractivity contribution < 1.29 is 15.3 Å². The molecule has 51 heavy (non-hydrogen) atoms. The maximum absolute atomic E-state index is 14.1. The molecule has 3 unspecified atom stereocenters. The molecule has 4 rings (SSSR count). The summed E-state index contributed by atoms with van der Waals surface area (Å²) in [5.74, 6) is 0. The summed E-state index contributed by atoms with van der Waals surface area (Å²) in [6.07, 6.45) is 5.77. The van der Waals surface area contributed by atoms with Gasteiger partial charge in [0.15, 0.2) is 0 Å². The van der Waals surface area contributed by atoms with Crippen LogP contribution in [0.1, 0.15) is 141 Å². The number of aliphatic hydroxyl groups excluding tert-OH is 3. The van der Waals surface area contributed by atoms with E-state index in [4.69, 9.17) is 0 Å². The third-order valence-corrected chi connectivity index (χ3v) is 12.9. The van der Waals surface area contributed by atoms with Crippen LogP contribution in [0, 0.1) is 0 Å². The predicted octanol–water partition coefficient (Wildman–Crippen LogP) is 3.38. The molecule has 0 saturated carbocycles. The number of hydrogen-bond acceptors (Lipinski definition) is 9. The number of aromatic nitrogens is 3. The topological polar surface area (TPSA) is 136 Å². The van der Waals surface area contributed by atoms with Gasteiger partial charge in [-0.25, -0.2) is 28.1 Å². The Morgan fingerprint density at radius 2 is 0.569 bits per heavy atom. The molecule has 0 radical (unpaired) electrons. The van der Waals surface area contributed by atoms with E-state index in [0.29, 0.717) is 0 Å². The van der Waals surface area contributed by atoms with Crippen LogP contribution in [0.3, 0.4) is 0 Å². The minimum atomic E-state index is -1.08. The summed E-state index contributed by atoms with van der Waals surface area (Å²) in [5.41, 5.74) is -3.70. The summed E-state index contributed by atoms with van der Waals surface area (Å²) in [5, 5.41) is 34.5. The molecule has 3 saturated heterocycles. The number of hydrogen-bond donors (Lipinski definition) is 3. The molecule has 3 atom stereocenters. The number of nitrogens with zero attached hydrogens (tertiary/aromatic N) is 6. The molecule has 3 N–H and O–H groups in total. The molecule has 3 aliphatic heterocycles. The van der Waals surface area contributed by atoms with E-state index in [1.807, 2.05) is 0 Å². The normalized spacial score (nSPS) is 26.4. The fourth-order valence-corrected chi connectivity index (χ4v) is 10.2. The highest BCUT2D eigenvalue weighted by Crippen LogP contribution is 2.40. The molecule has 0 bridgehead atoms. The van der Waals surface area contributed by atoms with Crippen molar-refractivity contribution in [1.82, 2.24) is 28.4 Å². The maximum Gasteiger partial charge on any atom is 0.336 e. The molecule has 294 valence electrons. The van der Waals surface area contributed by atoms with Gasteiger partial charge in [-0.3, -0.25) is 14.7 Å². The van der Waals surface area contributed by atoms with E-state index in [1.54, 1.807) is 0 Å². The number of rotatable bonds is 12. The van der Waals surface area contributed by atoms with Crippen molar-refractivity contribution in [2.45, 2.75) is 212 Å². The zero-order chi connectivity index (χ0) is 38.5. The number of β-amino-alcohol motifs (C(OH)–C–C–N with tert-alkyl or cyclic N) is 3. The zero-order valence-electron chi connectivity index (χ0n) is 34.1. The highest BCUT2D eigenvalue weighted by Gasteiger charge is 2.44. The van der Waals surface area contributed by atoms with Gasteiger partial charge in [-0.1, -0.05) is 0 Å². The first-order chi connectivity index (χ1) is 23.2. The van der Waals surface area contributed by atoms with Crippen molar-refractivity contribution in [3.8, 4) is 0 Å². The van der Waals surface area contributed by atoms with Crippen molar-refractivity contribution in [2.75, 3.05) is 19.6 Å². The average molecular weight is 721 g/mol. The van der Waals surface area contributed by atoms with Crippen LogP contribution in [0.15, 0.2) is 14.4 Å². The Labute approximate surface area is 306 Å². The summed E-state index contributed by atoms with van der Waals surface area (Å²) >= 11 is 0. The second-order valence-electron chi connectivity index (χ2n) is 19.9. The molecule has 12 heteroatoms. The SMILES string of the molecule is CC1(C)CCCC(C)(C)N1CC(O)Cn1c(=O)n(CC(O)CN2C(C)(C)CCCC2(C)C)c(=O)n(CC(O)CN2C(C)(C)CCCC2(C)C)c1=O. The Hall–Kier alpha value is -1.83. The van der Waals surface area contributed by atoms with E-state index < -0.39 is 35.4 Å². The summed E-state index contributed by atoms with van der Waals surface area (Å²) in [4.78, 5) is 49.0. The van der Waals surface area contributed by atoms with Gasteiger partial charge in [-0.05, 0) is 141 Å². The summed E-state index contributed by atoms with van der Waals surface area (Å²) in [7, 11) is 0. The van der Waals surface area contributed by atoms with Crippen molar-refractivity contribution in [3.05, 3.63) is 31.5 Å². The molecule has 0 aliphatic carbocycles. The lowest BCUT2D eigenvalue weighted by atomic mass is 9.79. The molecule has 1 aromatic rings. The quantitative estimate of drug-likeness (QED) is 0.297. The molecule has 0 spiro atoms. The zero-order valence-corrected chi connectivity index (χ0v) is 34.1. The highest BCUT2D eigenvalue weighted by molar-refractivity contribution is 5.00. The summed E-state index contributed by atoms with van der Waals surface area (Å²) in [6.45, 7) is 25.6. The van der Waals surface area contributed by atoms with Gasteiger partial charge in [0, 0.05) is 52.9 Å². The van der Waals surface area contributed by atoms with E-state index in [-0.39, 0.29) is 72.5 Å². The third-order valence-electron chi connectivity index (χ3n) is 12.9. The van der Waals surface area contributed by atoms with Crippen LogP contribution < -0.4 is 17.1 Å². The van der Waals surface area contributed by atoms with Crippen molar-refractivity contribution in [1.29, 1.82) is 0 Å². The van der Waals surface area contributed by atoms with Crippen LogP contribution in [0.4, 0.5) is 0 Å². The van der Waals surface area contributed by atoms with Crippen LogP contribution in [0.2, 0.25) is 0 Å². The first-order valence-electron chi connectivity index (χ1n) is 19.5. The van der Waals surface area contributed by atoms with Gasteiger partial charge >= 0.3 is 17.1 Å². The van der Waals surface area contributed by atoms with Gasteiger partial charge < -0.3 is 15.3 Å². The van der Waals surface area contributed by atoms with Crippen LogP contribution >= 0.6 is 0 Å². The Balaban J connectivity index is 1.70. The van der Waals surface area contributed by atoms with Crippen molar-refractivity contribution in [3.63, 3.8) is 0 Å². The third kappa shape index (κ3) is 9.11. The number of piperidine rings is 3. The van der Waals surface area contributed by atoms with E-state index in [0.717, 1.165) is 71.5 Å². The molecule has 4 heterocycles. The van der Waals surface area contributed by atoms with Crippen molar-refractivity contribution >= 4 is 0 Å². The van der Waals surface area contributed by atoms with Gasteiger partial charge in [-0.2, -0.15) is 0 Å². The first-order valence-corrected chi connectivity index (χ1v) is 19.5. The van der Waals surface area contributed by atoms with E-state index in [2.05, 4.69) is 97.8 Å². The molecular formula is C39H72N6O6. The highest BCUT2D eigenvalue weighted by atomic mass is 16.3. The molecule has 0 aromatic carbocycles. The van der Waals surface area contributed by atoms with E-state index >= 15 is 0 Å². The lowest BCUT2D eigenvalue weighted by Crippen LogP contribution is -2.63. The minimum absolute atomic E-state index is 0.188. The Kier molecular flexibility index (Phi) is 12.1.